The number of nitrogens with zero attached hydrogens (tertiary/aromatic N) is 2. The molecule has 0 aromatic heterocycles. The van der Waals surface area contributed by atoms with Crippen molar-refractivity contribution in [2.24, 2.45) is 5.92 Å². The number of hydrogen-bond acceptors (Lipinski definition) is 2. The minimum absolute atomic E-state index is 0.0488. The molecule has 2 unspecified atom stereocenters. The summed E-state index contributed by atoms with van der Waals surface area (Å²) in [6.45, 7) is 6.72. The van der Waals surface area contributed by atoms with Crippen molar-refractivity contribution in [1.29, 1.82) is 0 Å². The van der Waals surface area contributed by atoms with Crippen molar-refractivity contribution >= 4 is 11.7 Å². The van der Waals surface area contributed by atoms with E-state index in [0.29, 0.717) is 12.0 Å². The molecule has 2 aliphatic heterocycles. The van der Waals surface area contributed by atoms with E-state index < -0.39 is 0 Å². The Kier molecular flexibility index (Phi) is 5.56. The van der Waals surface area contributed by atoms with Crippen molar-refractivity contribution in [2.45, 2.75) is 38.1 Å². The van der Waals surface area contributed by atoms with Crippen LogP contribution in [0.3, 0.4) is 0 Å². The van der Waals surface area contributed by atoms with Crippen LogP contribution in [0.15, 0.2) is 36.9 Å². The fourth-order valence-corrected chi connectivity index (χ4v) is 4.15. The highest BCUT2D eigenvalue weighted by atomic mass is 16.2. The van der Waals surface area contributed by atoms with Crippen LogP contribution in [-0.2, 0) is 6.42 Å². The molecule has 1 aromatic rings. The second-order valence-corrected chi connectivity index (χ2v) is 7.10. The number of anilines is 1. The van der Waals surface area contributed by atoms with Crippen LogP contribution in [0.25, 0.3) is 0 Å². The van der Waals surface area contributed by atoms with E-state index in [4.69, 9.17) is 0 Å². The number of piperidine rings is 2. The number of likely N-dealkylation sites (tertiary alicyclic amines) is 2. The zero-order chi connectivity index (χ0) is 16.9. The Morgan fingerprint density at radius 1 is 1.33 bits per heavy atom. The summed E-state index contributed by atoms with van der Waals surface area (Å²) in [6, 6.07) is 8.79. The molecule has 0 bridgehead atoms. The second-order valence-electron chi connectivity index (χ2n) is 7.10. The molecule has 2 fully saturated rings. The number of para-hydroxylation sites is 1. The predicted molar refractivity (Wildman–Crippen MR) is 99.3 cm³/mol. The Labute approximate surface area is 145 Å². The summed E-state index contributed by atoms with van der Waals surface area (Å²) in [7, 11) is 2.22. The summed E-state index contributed by atoms with van der Waals surface area (Å²) < 4.78 is 0. The number of nitrogens with one attached hydrogen (secondary N) is 1. The number of urea groups is 1. The topological polar surface area (TPSA) is 35.6 Å². The highest BCUT2D eigenvalue weighted by Crippen LogP contribution is 2.30. The van der Waals surface area contributed by atoms with Gasteiger partial charge in [-0.25, -0.2) is 4.79 Å². The maximum atomic E-state index is 12.7. The Morgan fingerprint density at radius 3 is 3.00 bits per heavy atom. The average molecular weight is 327 g/mol. The number of allylic oxidation sites excluding steroid dienone is 1. The van der Waals surface area contributed by atoms with Gasteiger partial charge in [0.1, 0.15) is 0 Å². The summed E-state index contributed by atoms with van der Waals surface area (Å²) in [5.74, 6) is 0.624. The predicted octanol–water partition coefficient (Wildman–Crippen LogP) is 3.75. The van der Waals surface area contributed by atoms with Crippen molar-refractivity contribution in [1.82, 2.24) is 9.80 Å². The SMILES string of the molecule is C=CCCc1ccccc1NC(=O)N1CCC2C(CCCN2C)C1. The Balaban J connectivity index is 1.62. The van der Waals surface area contributed by atoms with Gasteiger partial charge in [0.05, 0.1) is 0 Å². The number of hydrogen-bond donors (Lipinski definition) is 1. The monoisotopic (exact) mass is 327 g/mol. The third-order valence-electron chi connectivity index (χ3n) is 5.51. The van der Waals surface area contributed by atoms with E-state index in [0.717, 1.165) is 38.0 Å². The first kappa shape index (κ1) is 17.0. The molecular weight excluding hydrogens is 298 g/mol. The molecule has 1 aromatic carbocycles. The maximum absolute atomic E-state index is 12.7. The molecule has 0 radical (unpaired) electrons. The molecule has 2 saturated heterocycles. The van der Waals surface area contributed by atoms with Crippen molar-refractivity contribution in [3.05, 3.63) is 42.5 Å². The van der Waals surface area contributed by atoms with E-state index in [1.54, 1.807) is 0 Å². The van der Waals surface area contributed by atoms with E-state index in [1.807, 2.05) is 29.2 Å². The molecule has 0 spiro atoms. The van der Waals surface area contributed by atoms with Crippen LogP contribution < -0.4 is 5.32 Å². The molecule has 2 amide bonds. The van der Waals surface area contributed by atoms with Crippen LogP contribution in [-0.4, -0.2) is 48.6 Å². The highest BCUT2D eigenvalue weighted by molar-refractivity contribution is 5.90. The summed E-state index contributed by atoms with van der Waals surface area (Å²) in [5.41, 5.74) is 2.12. The van der Waals surface area contributed by atoms with E-state index in [-0.39, 0.29) is 6.03 Å². The van der Waals surface area contributed by atoms with Gasteiger partial charge in [-0.15, -0.1) is 6.58 Å². The zero-order valence-electron chi connectivity index (χ0n) is 14.7. The summed E-state index contributed by atoms with van der Waals surface area (Å²) in [6.07, 6.45) is 7.34. The lowest BCUT2D eigenvalue weighted by Crippen LogP contribution is -2.54. The fourth-order valence-electron chi connectivity index (χ4n) is 4.15. The van der Waals surface area contributed by atoms with Gasteiger partial charge >= 0.3 is 6.03 Å². The summed E-state index contributed by atoms with van der Waals surface area (Å²) in [4.78, 5) is 17.2. The minimum atomic E-state index is 0.0488. The molecule has 130 valence electrons. The quantitative estimate of drug-likeness (QED) is 0.855. The zero-order valence-corrected chi connectivity index (χ0v) is 14.7. The van der Waals surface area contributed by atoms with Gasteiger partial charge in [0.15, 0.2) is 0 Å². The largest absolute Gasteiger partial charge is 0.324 e. The van der Waals surface area contributed by atoms with Gasteiger partial charge < -0.3 is 15.1 Å². The number of rotatable bonds is 4. The van der Waals surface area contributed by atoms with Crippen molar-refractivity contribution < 1.29 is 4.79 Å². The Bertz CT molecular complexity index is 586. The van der Waals surface area contributed by atoms with Crippen LogP contribution >= 0.6 is 0 Å². The molecule has 2 heterocycles. The summed E-state index contributed by atoms with van der Waals surface area (Å²) in [5, 5.41) is 3.13. The molecule has 2 aliphatic rings. The van der Waals surface area contributed by atoms with E-state index in [2.05, 4.69) is 29.9 Å². The molecule has 4 heteroatoms. The van der Waals surface area contributed by atoms with Crippen molar-refractivity contribution in [3.63, 3.8) is 0 Å². The van der Waals surface area contributed by atoms with Crippen LogP contribution in [0, 0.1) is 5.92 Å². The van der Waals surface area contributed by atoms with E-state index >= 15 is 0 Å². The number of carbonyl (C=O) groups is 1. The molecule has 3 rings (SSSR count). The third-order valence-corrected chi connectivity index (χ3v) is 5.51. The molecular formula is C20H29N3O. The lowest BCUT2D eigenvalue weighted by Gasteiger charge is -2.45. The fraction of sp³-hybridized carbons (Fsp3) is 0.550. The second kappa shape index (κ2) is 7.84. The van der Waals surface area contributed by atoms with Crippen LogP contribution in [0.5, 0.6) is 0 Å². The van der Waals surface area contributed by atoms with Gasteiger partial charge in [-0.05, 0) is 63.2 Å². The third kappa shape index (κ3) is 3.81. The standard InChI is InChI=1S/C20H29N3O/c1-3-4-8-16-9-5-6-11-18(16)21-20(24)23-14-12-19-17(15-23)10-7-13-22(19)2/h3,5-6,9,11,17,19H,1,4,7-8,10,12-15H2,2H3,(H,21,24). The number of benzene rings is 1. The van der Waals surface area contributed by atoms with Crippen molar-refractivity contribution in [2.75, 3.05) is 32.0 Å². The first-order chi connectivity index (χ1) is 11.7. The van der Waals surface area contributed by atoms with Gasteiger partial charge in [0, 0.05) is 24.8 Å². The van der Waals surface area contributed by atoms with Crippen molar-refractivity contribution in [3.8, 4) is 0 Å². The molecule has 4 nitrogen and oxygen atoms in total. The van der Waals surface area contributed by atoms with Gasteiger partial charge in [0.25, 0.3) is 0 Å². The van der Waals surface area contributed by atoms with Gasteiger partial charge in [-0.1, -0.05) is 24.3 Å². The summed E-state index contributed by atoms with van der Waals surface area (Å²) >= 11 is 0. The maximum Gasteiger partial charge on any atom is 0.321 e. The van der Waals surface area contributed by atoms with Gasteiger partial charge in [0.2, 0.25) is 0 Å². The molecule has 24 heavy (non-hydrogen) atoms. The average Bonchev–Trinajstić information content (AvgIpc) is 2.61. The lowest BCUT2D eigenvalue weighted by atomic mass is 9.84. The minimum Gasteiger partial charge on any atom is -0.324 e. The molecule has 0 aliphatic carbocycles. The normalized spacial score (nSPS) is 24.3. The molecule has 1 N–H and O–H groups in total. The van der Waals surface area contributed by atoms with Gasteiger partial charge in [-0.3, -0.25) is 0 Å². The van der Waals surface area contributed by atoms with E-state index in [1.165, 1.54) is 24.9 Å². The van der Waals surface area contributed by atoms with Crippen LogP contribution in [0.2, 0.25) is 0 Å². The molecule has 0 saturated carbocycles. The highest BCUT2D eigenvalue weighted by Gasteiger charge is 2.35. The van der Waals surface area contributed by atoms with Crippen LogP contribution in [0.4, 0.5) is 10.5 Å². The first-order valence-corrected chi connectivity index (χ1v) is 9.14. The lowest BCUT2D eigenvalue weighted by molar-refractivity contribution is 0.0542. The van der Waals surface area contributed by atoms with Gasteiger partial charge in [-0.2, -0.15) is 0 Å². The van der Waals surface area contributed by atoms with Crippen LogP contribution in [0.1, 0.15) is 31.2 Å². The number of aryl methyl sites for hydroxylation is 1. The Hall–Kier alpha value is -1.81. The first-order valence-electron chi connectivity index (χ1n) is 9.14. The Morgan fingerprint density at radius 2 is 2.17 bits per heavy atom. The number of fused-ring (bicyclic) bond motifs is 1. The number of carbonyl (C=O) groups excluding carboxylic acids is 1. The van der Waals surface area contributed by atoms with E-state index in [9.17, 15) is 4.79 Å². The molecule has 2 atom stereocenters. The number of amides is 2. The smallest absolute Gasteiger partial charge is 0.321 e.